The van der Waals surface area contributed by atoms with E-state index in [1.165, 1.54) is 12.1 Å². The molecule has 5 rings (SSSR count). The summed E-state index contributed by atoms with van der Waals surface area (Å²) in [6.07, 6.45) is 5.88. The Kier molecular flexibility index (Phi) is 6.84. The molecule has 0 radical (unpaired) electrons. The van der Waals surface area contributed by atoms with E-state index in [1.807, 2.05) is 71.4 Å². The molecule has 1 unspecified atom stereocenters. The molecule has 0 saturated carbocycles. The fourth-order valence-corrected chi connectivity index (χ4v) is 4.51. The molecule has 2 heterocycles. The molecule has 1 atom stereocenters. The highest BCUT2D eigenvalue weighted by Crippen LogP contribution is 2.32. The number of carbonyl (C=O) groups is 1. The Morgan fingerprint density at radius 3 is 2.14 bits per heavy atom. The van der Waals surface area contributed by atoms with E-state index in [-0.39, 0.29) is 6.03 Å². The minimum Gasteiger partial charge on any atom is -0.337 e. The quantitative estimate of drug-likeness (QED) is 0.358. The van der Waals surface area contributed by atoms with Crippen LogP contribution in [0.15, 0.2) is 103 Å². The average molecular weight is 486 g/mol. The van der Waals surface area contributed by atoms with Crippen molar-refractivity contribution in [3.8, 4) is 0 Å². The van der Waals surface area contributed by atoms with Gasteiger partial charge in [-0.25, -0.2) is 18.6 Å². The predicted octanol–water partition coefficient (Wildman–Crippen LogP) is 5.51. The number of aromatic nitrogens is 2. The number of benzene rings is 3. The van der Waals surface area contributed by atoms with Crippen molar-refractivity contribution in [2.75, 3.05) is 6.54 Å². The number of carbonyl (C=O) groups excluding carboxylic acids is 1. The SMILES string of the molecule is O=C1NC(=NC(c2ccccc2)c2ccccc2)C(c2cc(F)cc(F)c2)N1CCCn1ccnc1. The van der Waals surface area contributed by atoms with Gasteiger partial charge in [-0.1, -0.05) is 60.7 Å². The minimum atomic E-state index is -0.750. The second kappa shape index (κ2) is 10.5. The molecule has 0 spiro atoms. The molecule has 0 bridgehead atoms. The Labute approximate surface area is 207 Å². The summed E-state index contributed by atoms with van der Waals surface area (Å²) in [5.74, 6) is -1.06. The maximum absolute atomic E-state index is 14.2. The standard InChI is InChI=1S/C28H25F2N5O/c29-23-16-22(17-24(30)18-23)26-27(33-28(36)35(26)14-7-13-34-15-12-31-19-34)32-25(20-8-3-1-4-9-20)21-10-5-2-6-11-21/h1-6,8-12,15-19,25-26H,7,13-14H2,(H,32,33,36). The Balaban J connectivity index is 1.54. The smallest absolute Gasteiger partial charge is 0.323 e. The van der Waals surface area contributed by atoms with E-state index >= 15 is 0 Å². The molecule has 0 aliphatic carbocycles. The Morgan fingerprint density at radius 2 is 1.56 bits per heavy atom. The number of imidazole rings is 1. The van der Waals surface area contributed by atoms with Crippen LogP contribution >= 0.6 is 0 Å². The van der Waals surface area contributed by atoms with E-state index in [4.69, 9.17) is 4.99 Å². The largest absolute Gasteiger partial charge is 0.337 e. The van der Waals surface area contributed by atoms with Crippen molar-refractivity contribution in [3.63, 3.8) is 0 Å². The maximum atomic E-state index is 14.2. The second-order valence-electron chi connectivity index (χ2n) is 8.62. The van der Waals surface area contributed by atoms with Crippen molar-refractivity contribution in [3.05, 3.63) is 126 Å². The Bertz CT molecular complexity index is 1280. The third kappa shape index (κ3) is 5.17. The highest BCUT2D eigenvalue weighted by molar-refractivity contribution is 6.07. The van der Waals surface area contributed by atoms with Crippen LogP contribution < -0.4 is 5.32 Å². The van der Waals surface area contributed by atoms with Gasteiger partial charge in [-0.2, -0.15) is 0 Å². The molecule has 1 fully saturated rings. The number of aliphatic imine (C=N–C) groups is 1. The molecule has 2 amide bonds. The van der Waals surface area contributed by atoms with Gasteiger partial charge in [0, 0.05) is 31.5 Å². The second-order valence-corrected chi connectivity index (χ2v) is 8.62. The highest BCUT2D eigenvalue weighted by Gasteiger charge is 2.38. The summed E-state index contributed by atoms with van der Waals surface area (Å²) >= 11 is 0. The van der Waals surface area contributed by atoms with Crippen LogP contribution in [0.4, 0.5) is 13.6 Å². The van der Waals surface area contributed by atoms with Crippen molar-refractivity contribution in [2.24, 2.45) is 4.99 Å². The first-order chi connectivity index (χ1) is 17.6. The lowest BCUT2D eigenvalue weighted by Crippen LogP contribution is -2.31. The molecular weight excluding hydrogens is 460 g/mol. The zero-order chi connectivity index (χ0) is 24.9. The number of halogens is 2. The van der Waals surface area contributed by atoms with Gasteiger partial charge in [0.25, 0.3) is 0 Å². The van der Waals surface area contributed by atoms with Gasteiger partial charge in [0.05, 0.1) is 6.33 Å². The van der Waals surface area contributed by atoms with E-state index in [0.717, 1.165) is 17.2 Å². The average Bonchev–Trinajstić information content (AvgIpc) is 3.51. The van der Waals surface area contributed by atoms with Gasteiger partial charge in [-0.15, -0.1) is 0 Å². The summed E-state index contributed by atoms with van der Waals surface area (Å²) in [5, 5.41) is 2.88. The summed E-state index contributed by atoms with van der Waals surface area (Å²) in [6.45, 7) is 1.02. The molecule has 3 aromatic carbocycles. The molecule has 1 saturated heterocycles. The van der Waals surface area contributed by atoms with Crippen LogP contribution in [0.1, 0.15) is 35.2 Å². The van der Waals surface area contributed by atoms with Crippen LogP contribution in [-0.4, -0.2) is 32.9 Å². The molecule has 36 heavy (non-hydrogen) atoms. The first-order valence-electron chi connectivity index (χ1n) is 11.8. The lowest BCUT2D eigenvalue weighted by molar-refractivity contribution is 0.204. The van der Waals surface area contributed by atoms with E-state index in [0.29, 0.717) is 30.9 Å². The lowest BCUT2D eigenvalue weighted by Gasteiger charge is -2.24. The van der Waals surface area contributed by atoms with Gasteiger partial charge in [0.2, 0.25) is 0 Å². The number of aryl methyl sites for hydroxylation is 1. The number of amidine groups is 1. The maximum Gasteiger partial charge on any atom is 0.323 e. The van der Waals surface area contributed by atoms with Crippen LogP contribution in [0.2, 0.25) is 0 Å². The Hall–Kier alpha value is -4.33. The van der Waals surface area contributed by atoms with Gasteiger partial charge in [0.1, 0.15) is 29.6 Å². The van der Waals surface area contributed by atoms with Crippen LogP contribution in [0.3, 0.4) is 0 Å². The van der Waals surface area contributed by atoms with Crippen molar-refractivity contribution in [1.82, 2.24) is 19.8 Å². The summed E-state index contributed by atoms with van der Waals surface area (Å²) in [6, 6.07) is 21.3. The van der Waals surface area contributed by atoms with Crippen molar-refractivity contribution in [1.29, 1.82) is 0 Å². The summed E-state index contributed by atoms with van der Waals surface area (Å²) in [4.78, 5) is 23.7. The van der Waals surface area contributed by atoms with Crippen molar-refractivity contribution in [2.45, 2.75) is 25.0 Å². The van der Waals surface area contributed by atoms with Gasteiger partial charge in [0.15, 0.2) is 0 Å². The first kappa shape index (κ1) is 23.4. The van der Waals surface area contributed by atoms with E-state index in [1.54, 1.807) is 17.4 Å². The lowest BCUT2D eigenvalue weighted by atomic mass is 9.98. The zero-order valence-electron chi connectivity index (χ0n) is 19.5. The molecule has 182 valence electrons. The molecular formula is C28H25F2N5O. The van der Waals surface area contributed by atoms with E-state index in [9.17, 15) is 13.6 Å². The van der Waals surface area contributed by atoms with Gasteiger partial charge in [-0.05, 0) is 35.2 Å². The fourth-order valence-electron chi connectivity index (χ4n) is 4.51. The summed E-state index contributed by atoms with van der Waals surface area (Å²) in [5.41, 5.74) is 2.20. The first-order valence-corrected chi connectivity index (χ1v) is 11.8. The number of amides is 2. The van der Waals surface area contributed by atoms with Crippen LogP contribution in [0, 0.1) is 11.6 Å². The number of urea groups is 1. The number of nitrogens with zero attached hydrogens (tertiary/aromatic N) is 4. The third-order valence-corrected chi connectivity index (χ3v) is 6.14. The zero-order valence-corrected chi connectivity index (χ0v) is 19.5. The molecule has 8 heteroatoms. The van der Waals surface area contributed by atoms with Crippen molar-refractivity contribution < 1.29 is 13.6 Å². The molecule has 1 aromatic heterocycles. The summed E-state index contributed by atoms with van der Waals surface area (Å²) in [7, 11) is 0. The normalized spacial score (nSPS) is 16.6. The Morgan fingerprint density at radius 1 is 0.917 bits per heavy atom. The number of nitrogens with one attached hydrogen (secondary N) is 1. The molecule has 1 aliphatic heterocycles. The predicted molar refractivity (Wildman–Crippen MR) is 133 cm³/mol. The van der Waals surface area contributed by atoms with Gasteiger partial charge in [-0.3, -0.25) is 10.3 Å². The number of rotatable bonds is 8. The molecule has 6 nitrogen and oxygen atoms in total. The molecule has 1 aliphatic rings. The minimum absolute atomic E-state index is 0.326. The molecule has 1 N–H and O–H groups in total. The fraction of sp³-hybridized carbons (Fsp3) is 0.179. The monoisotopic (exact) mass is 485 g/mol. The van der Waals surface area contributed by atoms with Gasteiger partial charge >= 0.3 is 6.03 Å². The number of hydrogen-bond acceptors (Lipinski definition) is 3. The van der Waals surface area contributed by atoms with Crippen molar-refractivity contribution >= 4 is 11.9 Å². The third-order valence-electron chi connectivity index (χ3n) is 6.14. The van der Waals surface area contributed by atoms with E-state index < -0.39 is 23.7 Å². The molecule has 4 aromatic rings. The van der Waals surface area contributed by atoms with Crippen LogP contribution in [-0.2, 0) is 6.54 Å². The van der Waals surface area contributed by atoms with E-state index in [2.05, 4.69) is 10.3 Å². The highest BCUT2D eigenvalue weighted by atomic mass is 19.1. The summed E-state index contributed by atoms with van der Waals surface area (Å²) < 4.78 is 30.4. The topological polar surface area (TPSA) is 62.5 Å². The number of hydrogen-bond donors (Lipinski definition) is 1. The van der Waals surface area contributed by atoms with Gasteiger partial charge < -0.3 is 9.47 Å². The van der Waals surface area contributed by atoms with Crippen LogP contribution in [0.5, 0.6) is 0 Å². The van der Waals surface area contributed by atoms with Crippen LogP contribution in [0.25, 0.3) is 0 Å².